The van der Waals surface area contributed by atoms with Crippen LogP contribution in [0.15, 0.2) is 68.6 Å². The van der Waals surface area contributed by atoms with Crippen LogP contribution in [-0.2, 0) is 6.54 Å². The van der Waals surface area contributed by atoms with Gasteiger partial charge in [-0.15, -0.1) is 0 Å². The normalized spacial score (nSPS) is 10.7. The summed E-state index contributed by atoms with van der Waals surface area (Å²) in [5.41, 5.74) is -0.0637. The monoisotopic (exact) mass is 283 g/mol. The molecular weight excluding hydrogens is 270 g/mol. The van der Waals surface area contributed by atoms with E-state index in [0.717, 1.165) is 5.75 Å². The van der Waals surface area contributed by atoms with Crippen molar-refractivity contribution < 1.29 is 9.15 Å². The van der Waals surface area contributed by atoms with Gasteiger partial charge in [0.05, 0.1) is 17.4 Å². The summed E-state index contributed by atoms with van der Waals surface area (Å²) in [5, 5.41) is 0.386. The summed E-state index contributed by atoms with van der Waals surface area (Å²) < 4.78 is 11.7. The number of fused-ring (bicyclic) bond motifs is 1. The molecule has 0 aliphatic carbocycles. The molecule has 0 atom stereocenters. The van der Waals surface area contributed by atoms with Crippen LogP contribution < -0.4 is 16.1 Å². The van der Waals surface area contributed by atoms with Gasteiger partial charge in [-0.05, 0) is 24.3 Å². The molecule has 0 bridgehead atoms. The minimum atomic E-state index is -0.671. The maximum atomic E-state index is 11.8. The summed E-state index contributed by atoms with van der Waals surface area (Å²) in [6.07, 6.45) is 0. The molecule has 0 saturated heterocycles. The first kappa shape index (κ1) is 13.2. The van der Waals surface area contributed by atoms with Crippen LogP contribution >= 0.6 is 0 Å². The number of aromatic nitrogens is 1. The molecule has 106 valence electrons. The van der Waals surface area contributed by atoms with Gasteiger partial charge in [0, 0.05) is 0 Å². The van der Waals surface area contributed by atoms with E-state index in [1.165, 1.54) is 4.57 Å². The first-order valence-electron chi connectivity index (χ1n) is 6.56. The third kappa shape index (κ3) is 2.72. The minimum absolute atomic E-state index is 0.304. The van der Waals surface area contributed by atoms with Gasteiger partial charge in [0.2, 0.25) is 0 Å². The number of para-hydroxylation sites is 2. The summed E-state index contributed by atoms with van der Waals surface area (Å²) in [7, 11) is 0. The van der Waals surface area contributed by atoms with Crippen LogP contribution in [0.3, 0.4) is 0 Å². The molecule has 0 aliphatic heterocycles. The second-order valence-corrected chi connectivity index (χ2v) is 4.49. The molecule has 0 amide bonds. The highest BCUT2D eigenvalue weighted by Gasteiger charge is 2.08. The largest absolute Gasteiger partial charge is 0.492 e. The Bertz CT molecular complexity index is 865. The van der Waals surface area contributed by atoms with Crippen LogP contribution in [0.1, 0.15) is 0 Å². The van der Waals surface area contributed by atoms with Crippen molar-refractivity contribution in [2.24, 2.45) is 0 Å². The van der Waals surface area contributed by atoms with Crippen LogP contribution in [0.2, 0.25) is 0 Å². The summed E-state index contributed by atoms with van der Waals surface area (Å²) in [4.78, 5) is 23.5. The molecule has 1 aromatic heterocycles. The van der Waals surface area contributed by atoms with E-state index in [9.17, 15) is 9.59 Å². The van der Waals surface area contributed by atoms with Crippen molar-refractivity contribution in [1.29, 1.82) is 0 Å². The smallest absolute Gasteiger partial charge is 0.422 e. The molecule has 3 rings (SSSR count). The van der Waals surface area contributed by atoms with E-state index in [2.05, 4.69) is 0 Å². The molecule has 21 heavy (non-hydrogen) atoms. The Labute approximate surface area is 120 Å². The number of hydrogen-bond acceptors (Lipinski definition) is 4. The lowest BCUT2D eigenvalue weighted by atomic mass is 10.2. The topological polar surface area (TPSA) is 61.4 Å². The summed E-state index contributed by atoms with van der Waals surface area (Å²) >= 11 is 0. The van der Waals surface area contributed by atoms with Gasteiger partial charge >= 0.3 is 11.4 Å². The molecule has 5 heteroatoms. The third-order valence-electron chi connectivity index (χ3n) is 3.14. The summed E-state index contributed by atoms with van der Waals surface area (Å²) in [6, 6.07) is 16.2. The van der Waals surface area contributed by atoms with Crippen molar-refractivity contribution in [3.05, 3.63) is 75.6 Å². The molecule has 0 fully saturated rings. The van der Waals surface area contributed by atoms with Gasteiger partial charge in [-0.25, -0.2) is 9.59 Å². The Morgan fingerprint density at radius 2 is 1.67 bits per heavy atom. The number of benzene rings is 2. The van der Waals surface area contributed by atoms with E-state index in [4.69, 9.17) is 9.15 Å². The van der Waals surface area contributed by atoms with E-state index in [1.807, 2.05) is 30.3 Å². The van der Waals surface area contributed by atoms with Crippen molar-refractivity contribution in [2.45, 2.75) is 6.54 Å². The standard InChI is InChI=1S/C16H13NO4/c18-15-13-8-4-5-9-14(13)17(16(19)21-15)10-11-20-12-6-2-1-3-7-12/h1-9H,10-11H2. The highest BCUT2D eigenvalue weighted by atomic mass is 16.5. The molecule has 0 unspecified atom stereocenters. The van der Waals surface area contributed by atoms with Gasteiger partial charge in [0.25, 0.3) is 0 Å². The Hall–Kier alpha value is -2.82. The first-order valence-corrected chi connectivity index (χ1v) is 6.56. The average Bonchev–Trinajstić information content (AvgIpc) is 2.51. The van der Waals surface area contributed by atoms with Crippen molar-refractivity contribution in [1.82, 2.24) is 4.57 Å². The second kappa shape index (κ2) is 5.66. The van der Waals surface area contributed by atoms with Crippen LogP contribution in [0.5, 0.6) is 5.75 Å². The summed E-state index contributed by atoms with van der Waals surface area (Å²) in [6.45, 7) is 0.611. The molecule has 5 nitrogen and oxygen atoms in total. The lowest BCUT2D eigenvalue weighted by molar-refractivity contribution is 0.287. The number of nitrogens with zero attached hydrogens (tertiary/aromatic N) is 1. The van der Waals surface area contributed by atoms with Gasteiger partial charge in [-0.3, -0.25) is 4.57 Å². The molecule has 0 N–H and O–H groups in total. The number of rotatable bonds is 4. The van der Waals surface area contributed by atoms with Crippen LogP contribution in [0.4, 0.5) is 0 Å². The minimum Gasteiger partial charge on any atom is -0.492 e. The van der Waals surface area contributed by atoms with Crippen molar-refractivity contribution in [3.8, 4) is 5.75 Å². The predicted octanol–water partition coefficient (Wildman–Crippen LogP) is 2.03. The Morgan fingerprint density at radius 1 is 0.952 bits per heavy atom. The molecule has 0 saturated carbocycles. The highest BCUT2D eigenvalue weighted by Crippen LogP contribution is 2.10. The molecule has 2 aromatic carbocycles. The highest BCUT2D eigenvalue weighted by molar-refractivity contribution is 5.77. The maximum absolute atomic E-state index is 11.8. The lowest BCUT2D eigenvalue weighted by Crippen LogP contribution is -2.27. The van der Waals surface area contributed by atoms with Gasteiger partial charge < -0.3 is 9.15 Å². The molecule has 3 aromatic rings. The predicted molar refractivity (Wildman–Crippen MR) is 78.7 cm³/mol. The Balaban J connectivity index is 1.87. The fourth-order valence-electron chi connectivity index (χ4n) is 2.15. The quantitative estimate of drug-likeness (QED) is 0.735. The fourth-order valence-corrected chi connectivity index (χ4v) is 2.15. The fraction of sp³-hybridized carbons (Fsp3) is 0.125. The Kier molecular flexibility index (Phi) is 3.55. The van der Waals surface area contributed by atoms with Gasteiger partial charge in [-0.2, -0.15) is 0 Å². The Morgan fingerprint density at radius 3 is 2.48 bits per heavy atom. The van der Waals surface area contributed by atoms with Crippen LogP contribution in [0, 0.1) is 0 Å². The van der Waals surface area contributed by atoms with E-state index in [0.29, 0.717) is 24.1 Å². The SMILES string of the molecule is O=c1oc(=O)n(CCOc2ccccc2)c2ccccc12. The van der Waals surface area contributed by atoms with Gasteiger partial charge in [0.15, 0.2) is 0 Å². The van der Waals surface area contributed by atoms with Crippen LogP contribution in [0.25, 0.3) is 10.9 Å². The van der Waals surface area contributed by atoms with Gasteiger partial charge in [-0.1, -0.05) is 30.3 Å². The zero-order chi connectivity index (χ0) is 14.7. The summed E-state index contributed by atoms with van der Waals surface area (Å²) in [5.74, 6) is 0.0580. The molecule has 0 spiro atoms. The molecule has 1 heterocycles. The van der Waals surface area contributed by atoms with E-state index in [1.54, 1.807) is 24.3 Å². The lowest BCUT2D eigenvalue weighted by Gasteiger charge is -2.09. The van der Waals surface area contributed by atoms with Crippen molar-refractivity contribution in [3.63, 3.8) is 0 Å². The van der Waals surface area contributed by atoms with Crippen molar-refractivity contribution >= 4 is 10.9 Å². The van der Waals surface area contributed by atoms with E-state index in [-0.39, 0.29) is 0 Å². The molecule has 0 aliphatic rings. The average molecular weight is 283 g/mol. The first-order chi connectivity index (χ1) is 10.3. The van der Waals surface area contributed by atoms with E-state index >= 15 is 0 Å². The molecular formula is C16H13NO4. The van der Waals surface area contributed by atoms with Crippen LogP contribution in [-0.4, -0.2) is 11.2 Å². The molecule has 0 radical (unpaired) electrons. The third-order valence-corrected chi connectivity index (χ3v) is 3.14. The van der Waals surface area contributed by atoms with Crippen molar-refractivity contribution in [2.75, 3.05) is 6.61 Å². The zero-order valence-corrected chi connectivity index (χ0v) is 11.2. The second-order valence-electron chi connectivity index (χ2n) is 4.49. The van der Waals surface area contributed by atoms with Gasteiger partial charge in [0.1, 0.15) is 12.4 Å². The maximum Gasteiger partial charge on any atom is 0.422 e. The zero-order valence-electron chi connectivity index (χ0n) is 11.2. The van der Waals surface area contributed by atoms with E-state index < -0.39 is 11.4 Å². The number of ether oxygens (including phenoxy) is 1. The number of hydrogen-bond donors (Lipinski definition) is 0.